The third-order valence-corrected chi connectivity index (χ3v) is 5.47. The molecule has 0 unspecified atom stereocenters. The van der Waals surface area contributed by atoms with Crippen LogP contribution in [0.3, 0.4) is 0 Å². The summed E-state index contributed by atoms with van der Waals surface area (Å²) in [5.41, 5.74) is 2.89. The largest absolute Gasteiger partial charge is 0.478 e. The van der Waals surface area contributed by atoms with Crippen LogP contribution >= 0.6 is 0 Å². The quantitative estimate of drug-likeness (QED) is 0.800. The van der Waals surface area contributed by atoms with Gasteiger partial charge in [0.15, 0.2) is 5.41 Å². The van der Waals surface area contributed by atoms with Crippen LogP contribution in [0.4, 0.5) is 13.2 Å². The van der Waals surface area contributed by atoms with Gasteiger partial charge in [0, 0.05) is 5.92 Å². The van der Waals surface area contributed by atoms with Crippen molar-refractivity contribution >= 4 is 5.97 Å². The van der Waals surface area contributed by atoms with E-state index in [9.17, 15) is 33.6 Å². The van der Waals surface area contributed by atoms with E-state index in [0.29, 0.717) is 24.8 Å². The number of carboxylic acids is 1. The summed E-state index contributed by atoms with van der Waals surface area (Å²) in [4.78, 5) is 11.8. The number of alkyl halides is 3. The third-order valence-electron chi connectivity index (χ3n) is 5.47. The van der Waals surface area contributed by atoms with Crippen LogP contribution < -0.4 is 5.73 Å². The van der Waals surface area contributed by atoms with Crippen LogP contribution in [0, 0.1) is 34.0 Å². The molecule has 0 fully saturated rings. The zero-order valence-electron chi connectivity index (χ0n) is 14.6. The Kier molecular flexibility index (Phi) is 4.68. The number of benzene rings is 1. The van der Waals surface area contributed by atoms with Gasteiger partial charge in [0.05, 0.1) is 29.0 Å². The van der Waals surface area contributed by atoms with Crippen molar-refractivity contribution in [2.75, 3.05) is 0 Å². The molecule has 0 amide bonds. The highest BCUT2D eigenvalue weighted by Gasteiger charge is 2.55. The Bertz CT molecular complexity index is 966. The molecular weight excluding hydrogens is 371 g/mol. The van der Waals surface area contributed by atoms with E-state index in [-0.39, 0.29) is 11.1 Å². The summed E-state index contributed by atoms with van der Waals surface area (Å²) in [6.07, 6.45) is -1.18. The average molecular weight is 387 g/mol. The molecule has 3 N–H and O–H groups in total. The number of rotatable bonds is 2. The Morgan fingerprint density at radius 1 is 1.29 bits per heavy atom. The van der Waals surface area contributed by atoms with E-state index in [1.54, 1.807) is 6.08 Å². The maximum atomic E-state index is 13.2. The van der Waals surface area contributed by atoms with Crippen LogP contribution in [0.15, 0.2) is 47.2 Å². The van der Waals surface area contributed by atoms with Gasteiger partial charge in [-0.3, -0.25) is 0 Å². The number of nitrogens with two attached hydrogens (primary N) is 1. The molecule has 0 radical (unpaired) electrons. The van der Waals surface area contributed by atoms with Gasteiger partial charge in [-0.15, -0.1) is 0 Å². The average Bonchev–Trinajstić information content (AvgIpc) is 2.66. The van der Waals surface area contributed by atoms with Crippen molar-refractivity contribution in [3.63, 3.8) is 0 Å². The Balaban J connectivity index is 2.33. The highest BCUT2D eigenvalue weighted by atomic mass is 19.4. The van der Waals surface area contributed by atoms with Crippen molar-refractivity contribution in [2.24, 2.45) is 17.1 Å². The van der Waals surface area contributed by atoms with Gasteiger partial charge < -0.3 is 10.8 Å². The Hall–Kier alpha value is -3.26. The molecule has 1 aromatic carbocycles. The number of fused-ring (bicyclic) bond motifs is 1. The van der Waals surface area contributed by atoms with Gasteiger partial charge in [0.2, 0.25) is 0 Å². The summed E-state index contributed by atoms with van der Waals surface area (Å²) in [5, 5.41) is 29.3. The molecule has 0 aliphatic heterocycles. The molecule has 0 spiro atoms. The molecule has 0 bridgehead atoms. The standard InChI is InChI=1S/C20H16F3N3O2/c21-20(22,23)12-5-3-4-11(8-12)16-14-7-2-1-6-13(14)15(18(27)28)17(26)19(16,9-24)10-25/h3-6,8,14,16H,1-2,7,26H2,(H,27,28)/t14-,16-/m0/s1. The lowest BCUT2D eigenvalue weighted by molar-refractivity contribution is -0.137. The molecule has 2 aliphatic carbocycles. The third kappa shape index (κ3) is 2.82. The van der Waals surface area contributed by atoms with E-state index in [0.717, 1.165) is 12.1 Å². The molecule has 8 heteroatoms. The van der Waals surface area contributed by atoms with E-state index in [2.05, 4.69) is 0 Å². The first-order chi connectivity index (χ1) is 13.2. The number of allylic oxidation sites excluding steroid dienone is 2. The topological polar surface area (TPSA) is 111 Å². The summed E-state index contributed by atoms with van der Waals surface area (Å²) < 4.78 is 39.6. The second-order valence-electron chi connectivity index (χ2n) is 6.92. The minimum Gasteiger partial charge on any atom is -0.478 e. The fourth-order valence-corrected chi connectivity index (χ4v) is 4.27. The first kappa shape index (κ1) is 19.5. The highest BCUT2D eigenvalue weighted by molar-refractivity contribution is 5.94. The number of carboxylic acid groups (broad SMARTS) is 1. The van der Waals surface area contributed by atoms with Crippen molar-refractivity contribution in [3.05, 3.63) is 58.3 Å². The van der Waals surface area contributed by atoms with Crippen molar-refractivity contribution in [1.82, 2.24) is 0 Å². The summed E-state index contributed by atoms with van der Waals surface area (Å²) in [7, 11) is 0. The van der Waals surface area contributed by atoms with Gasteiger partial charge >= 0.3 is 12.1 Å². The molecule has 0 saturated carbocycles. The van der Waals surface area contributed by atoms with E-state index < -0.39 is 40.7 Å². The number of hydrogen-bond donors (Lipinski definition) is 2. The number of hydrogen-bond acceptors (Lipinski definition) is 4. The van der Waals surface area contributed by atoms with Crippen molar-refractivity contribution in [1.29, 1.82) is 10.5 Å². The lowest BCUT2D eigenvalue weighted by Gasteiger charge is -2.43. The molecule has 1 aromatic rings. The molecule has 0 aromatic heterocycles. The molecule has 2 atom stereocenters. The summed E-state index contributed by atoms with van der Waals surface area (Å²) in [6, 6.07) is 8.12. The molecule has 28 heavy (non-hydrogen) atoms. The Morgan fingerprint density at radius 2 is 1.96 bits per heavy atom. The van der Waals surface area contributed by atoms with Gasteiger partial charge in [-0.1, -0.05) is 24.3 Å². The normalized spacial score (nSPS) is 23.8. The fraction of sp³-hybridized carbons (Fsp3) is 0.350. The summed E-state index contributed by atoms with van der Waals surface area (Å²) in [6.45, 7) is 0. The van der Waals surface area contributed by atoms with Crippen LogP contribution in [0.2, 0.25) is 0 Å². The van der Waals surface area contributed by atoms with Crippen LogP contribution in [0.25, 0.3) is 0 Å². The fourth-order valence-electron chi connectivity index (χ4n) is 4.27. The first-order valence-corrected chi connectivity index (χ1v) is 8.61. The Morgan fingerprint density at radius 3 is 2.54 bits per heavy atom. The van der Waals surface area contributed by atoms with Gasteiger partial charge in [-0.05, 0) is 42.4 Å². The Labute approximate surface area is 159 Å². The van der Waals surface area contributed by atoms with Crippen molar-refractivity contribution < 1.29 is 23.1 Å². The van der Waals surface area contributed by atoms with E-state index in [4.69, 9.17) is 5.73 Å². The molecule has 0 saturated heterocycles. The minimum atomic E-state index is -4.59. The smallest absolute Gasteiger partial charge is 0.416 e. The van der Waals surface area contributed by atoms with Crippen molar-refractivity contribution in [2.45, 2.75) is 31.4 Å². The SMILES string of the molecule is N#CC1(C#N)C(N)=C(C(=O)O)C2=CCCC[C@@H]2[C@@H]1c1cccc(C(F)(F)F)c1. The second kappa shape index (κ2) is 6.72. The van der Waals surface area contributed by atoms with Crippen LogP contribution in [-0.2, 0) is 11.0 Å². The second-order valence-corrected chi connectivity index (χ2v) is 6.92. The maximum absolute atomic E-state index is 13.2. The molecule has 5 nitrogen and oxygen atoms in total. The van der Waals surface area contributed by atoms with Gasteiger partial charge in [0.25, 0.3) is 0 Å². The number of aliphatic carboxylic acids is 1. The number of nitrogens with zero attached hydrogens (tertiary/aromatic N) is 2. The lowest BCUT2D eigenvalue weighted by atomic mass is 9.56. The number of carbonyl (C=O) groups is 1. The molecule has 144 valence electrons. The van der Waals surface area contributed by atoms with Crippen LogP contribution in [-0.4, -0.2) is 11.1 Å². The van der Waals surface area contributed by atoms with Crippen LogP contribution in [0.5, 0.6) is 0 Å². The zero-order valence-corrected chi connectivity index (χ0v) is 14.6. The predicted molar refractivity (Wildman–Crippen MR) is 92.1 cm³/mol. The molecule has 0 heterocycles. The number of nitriles is 2. The molecule has 2 aliphatic rings. The number of halogens is 3. The minimum absolute atomic E-state index is 0.142. The summed E-state index contributed by atoms with van der Waals surface area (Å²) >= 11 is 0. The monoisotopic (exact) mass is 387 g/mol. The predicted octanol–water partition coefficient (Wildman–Crippen LogP) is 3.86. The lowest BCUT2D eigenvalue weighted by Crippen LogP contribution is -2.44. The van der Waals surface area contributed by atoms with Crippen molar-refractivity contribution in [3.8, 4) is 12.1 Å². The molecule has 3 rings (SSSR count). The van der Waals surface area contributed by atoms with Gasteiger partial charge in [-0.25, -0.2) is 4.79 Å². The van der Waals surface area contributed by atoms with Gasteiger partial charge in [0.1, 0.15) is 0 Å². The summed E-state index contributed by atoms with van der Waals surface area (Å²) in [5.74, 6) is -2.94. The van der Waals surface area contributed by atoms with Gasteiger partial charge in [-0.2, -0.15) is 23.7 Å². The molecular formula is C20H16F3N3O2. The van der Waals surface area contributed by atoms with E-state index >= 15 is 0 Å². The van der Waals surface area contributed by atoms with Crippen LogP contribution in [0.1, 0.15) is 36.3 Å². The first-order valence-electron chi connectivity index (χ1n) is 8.61. The maximum Gasteiger partial charge on any atom is 0.416 e. The van der Waals surface area contributed by atoms with E-state index in [1.807, 2.05) is 12.1 Å². The zero-order chi connectivity index (χ0) is 20.7. The highest BCUT2D eigenvalue weighted by Crippen LogP contribution is 2.56. The van der Waals surface area contributed by atoms with E-state index in [1.165, 1.54) is 12.1 Å².